The Kier molecular flexibility index (Phi) is 9.53. The van der Waals surface area contributed by atoms with Gasteiger partial charge in [0, 0.05) is 11.6 Å². The number of carbonyl (C=O) groups is 2. The molecule has 0 saturated heterocycles. The highest BCUT2D eigenvalue weighted by Gasteiger charge is 2.17. The van der Waals surface area contributed by atoms with Crippen molar-refractivity contribution in [3.05, 3.63) is 79.5 Å². The maximum atomic E-state index is 12.5. The fourth-order valence-electron chi connectivity index (χ4n) is 2.73. The highest BCUT2D eigenvalue weighted by Crippen LogP contribution is 2.32. The average molecular weight is 580 g/mol. The number of nitrogens with one attached hydrogen (secondary N) is 2. The number of rotatable bonds is 9. The third kappa shape index (κ3) is 6.81. The molecule has 2 amide bonds. The van der Waals surface area contributed by atoms with Gasteiger partial charge in [0.2, 0.25) is 5.91 Å². The molecule has 0 fully saturated rings. The molecule has 1 heterocycles. The van der Waals surface area contributed by atoms with Crippen LogP contribution >= 0.6 is 69.8 Å². The molecule has 34 heavy (non-hydrogen) atoms. The van der Waals surface area contributed by atoms with E-state index in [-0.39, 0.29) is 49.8 Å². The number of aromatic nitrogens is 3. The van der Waals surface area contributed by atoms with Crippen LogP contribution in [0.5, 0.6) is 0 Å². The van der Waals surface area contributed by atoms with Gasteiger partial charge in [0.25, 0.3) is 5.91 Å². The topological polar surface area (TPSA) is 88.9 Å². The Morgan fingerprint density at radius 1 is 1.00 bits per heavy atom. The number of hydrogen-bond acceptors (Lipinski definition) is 5. The molecular weight excluding hydrogens is 564 g/mol. The van der Waals surface area contributed by atoms with E-state index in [2.05, 4.69) is 27.4 Å². The second-order valence-electron chi connectivity index (χ2n) is 6.69. The molecule has 0 aliphatic carbocycles. The third-order valence-electron chi connectivity index (χ3n) is 4.30. The number of benzene rings is 2. The van der Waals surface area contributed by atoms with E-state index in [0.717, 1.165) is 11.8 Å². The first-order valence-electron chi connectivity index (χ1n) is 9.53. The quantitative estimate of drug-likeness (QED) is 0.174. The highest BCUT2D eigenvalue weighted by molar-refractivity contribution is 7.99. The maximum absolute atomic E-state index is 12.5. The van der Waals surface area contributed by atoms with E-state index in [0.29, 0.717) is 28.2 Å². The van der Waals surface area contributed by atoms with Gasteiger partial charge in [-0.15, -0.1) is 16.8 Å². The van der Waals surface area contributed by atoms with Crippen LogP contribution in [-0.2, 0) is 17.9 Å². The van der Waals surface area contributed by atoms with Gasteiger partial charge in [-0.05, 0) is 30.3 Å². The minimum Gasteiger partial charge on any atom is -0.345 e. The molecule has 3 rings (SSSR count). The zero-order valence-electron chi connectivity index (χ0n) is 17.2. The van der Waals surface area contributed by atoms with Crippen LogP contribution in [0.3, 0.4) is 0 Å². The molecule has 0 radical (unpaired) electrons. The van der Waals surface area contributed by atoms with Crippen molar-refractivity contribution >= 4 is 87.3 Å². The number of allylic oxidation sites excluding steroid dienone is 1. The summed E-state index contributed by atoms with van der Waals surface area (Å²) in [5.41, 5.74) is 0.631. The molecule has 0 aliphatic rings. The lowest BCUT2D eigenvalue weighted by atomic mass is 10.2. The lowest BCUT2D eigenvalue weighted by molar-refractivity contribution is -0.113. The summed E-state index contributed by atoms with van der Waals surface area (Å²) in [6, 6.07) is 7.53. The molecule has 0 spiro atoms. The van der Waals surface area contributed by atoms with Gasteiger partial charge in [-0.2, -0.15) is 0 Å². The summed E-state index contributed by atoms with van der Waals surface area (Å²) in [4.78, 5) is 24.9. The van der Waals surface area contributed by atoms with E-state index >= 15 is 0 Å². The Balaban J connectivity index is 1.64. The Morgan fingerprint density at radius 2 is 1.74 bits per heavy atom. The van der Waals surface area contributed by atoms with Crippen molar-refractivity contribution in [3.8, 4) is 0 Å². The number of halogens is 5. The van der Waals surface area contributed by atoms with Crippen molar-refractivity contribution in [1.82, 2.24) is 20.1 Å². The van der Waals surface area contributed by atoms with Crippen LogP contribution in [0.15, 0.2) is 48.1 Å². The van der Waals surface area contributed by atoms with Crippen molar-refractivity contribution < 1.29 is 9.59 Å². The molecule has 2 aromatic carbocycles. The Morgan fingerprint density at radius 3 is 2.44 bits per heavy atom. The first kappa shape index (κ1) is 26.7. The molecule has 0 aliphatic heterocycles. The third-order valence-corrected chi connectivity index (χ3v) is 6.85. The van der Waals surface area contributed by atoms with Gasteiger partial charge in [0.1, 0.15) is 0 Å². The lowest BCUT2D eigenvalue weighted by Crippen LogP contribution is -2.25. The van der Waals surface area contributed by atoms with Crippen LogP contribution in [0.4, 0.5) is 5.69 Å². The van der Waals surface area contributed by atoms with E-state index < -0.39 is 0 Å². The molecule has 0 saturated carbocycles. The number of carbonyl (C=O) groups excluding carboxylic acids is 2. The molecule has 3 aromatic rings. The first-order chi connectivity index (χ1) is 16.2. The fraction of sp³-hybridized carbons (Fsp3) is 0.143. The molecule has 2 N–H and O–H groups in total. The monoisotopic (exact) mass is 577 g/mol. The van der Waals surface area contributed by atoms with Gasteiger partial charge >= 0.3 is 0 Å². The number of anilines is 1. The van der Waals surface area contributed by atoms with Crippen molar-refractivity contribution in [2.75, 3.05) is 11.1 Å². The molecule has 0 unspecified atom stereocenters. The predicted molar refractivity (Wildman–Crippen MR) is 139 cm³/mol. The van der Waals surface area contributed by atoms with E-state index in [1.807, 2.05) is 0 Å². The van der Waals surface area contributed by atoms with Gasteiger partial charge in [0.15, 0.2) is 11.0 Å². The molecule has 13 heteroatoms. The molecule has 0 atom stereocenters. The zero-order valence-corrected chi connectivity index (χ0v) is 21.8. The second-order valence-corrected chi connectivity index (χ2v) is 9.70. The average Bonchev–Trinajstić information content (AvgIpc) is 3.16. The molecule has 7 nitrogen and oxygen atoms in total. The summed E-state index contributed by atoms with van der Waals surface area (Å²) in [6.45, 7) is 4.20. The SMILES string of the molecule is C=CCn1c(CNC(=O)c2ccc(Cl)cc2Cl)nnc1SCC(=O)Nc1cc(Cl)c(Cl)cc1Cl. The van der Waals surface area contributed by atoms with Gasteiger partial charge in [-0.1, -0.05) is 75.8 Å². The smallest absolute Gasteiger partial charge is 0.253 e. The summed E-state index contributed by atoms with van der Waals surface area (Å²) < 4.78 is 1.74. The largest absolute Gasteiger partial charge is 0.345 e. The number of nitrogens with zero attached hydrogens (tertiary/aromatic N) is 3. The molecule has 0 bridgehead atoms. The van der Waals surface area contributed by atoms with Crippen LogP contribution in [-0.4, -0.2) is 32.3 Å². The Hall–Kier alpha value is -1.94. The summed E-state index contributed by atoms with van der Waals surface area (Å²) in [6.07, 6.45) is 1.66. The molecular formula is C21H16Cl5N5O2S. The van der Waals surface area contributed by atoms with E-state index in [1.54, 1.807) is 16.7 Å². The lowest BCUT2D eigenvalue weighted by Gasteiger charge is -2.10. The van der Waals surface area contributed by atoms with Gasteiger partial charge in [0.05, 0.1) is 43.6 Å². The summed E-state index contributed by atoms with van der Waals surface area (Å²) in [7, 11) is 0. The van der Waals surface area contributed by atoms with Crippen molar-refractivity contribution in [2.24, 2.45) is 0 Å². The summed E-state index contributed by atoms with van der Waals surface area (Å²) >= 11 is 31.1. The first-order valence-corrected chi connectivity index (χ1v) is 12.4. The molecule has 178 valence electrons. The van der Waals surface area contributed by atoms with Crippen molar-refractivity contribution in [2.45, 2.75) is 18.2 Å². The van der Waals surface area contributed by atoms with Gasteiger partial charge in [-0.3, -0.25) is 9.59 Å². The van der Waals surface area contributed by atoms with Gasteiger partial charge in [-0.25, -0.2) is 0 Å². The zero-order chi connectivity index (χ0) is 24.8. The van der Waals surface area contributed by atoms with Crippen LogP contribution in [0.2, 0.25) is 25.1 Å². The van der Waals surface area contributed by atoms with Crippen LogP contribution < -0.4 is 10.6 Å². The normalized spacial score (nSPS) is 10.7. The summed E-state index contributed by atoms with van der Waals surface area (Å²) in [5, 5.41) is 15.6. The standard InChI is InChI=1S/C21H16Cl5N5O2S/c1-2-5-31-18(9-27-20(33)12-4-3-11(22)6-13(12)23)29-30-21(31)34-10-19(32)28-17-8-15(25)14(24)7-16(17)26/h2-4,6-8H,1,5,9-10H2,(H,27,33)(H,28,32). The van der Waals surface area contributed by atoms with E-state index in [4.69, 9.17) is 58.0 Å². The van der Waals surface area contributed by atoms with E-state index in [1.165, 1.54) is 24.3 Å². The number of hydrogen-bond donors (Lipinski definition) is 2. The van der Waals surface area contributed by atoms with Crippen LogP contribution in [0.1, 0.15) is 16.2 Å². The minimum absolute atomic E-state index is 0.0264. The number of amides is 2. The Labute approximate surface area is 224 Å². The second kappa shape index (κ2) is 12.2. The van der Waals surface area contributed by atoms with Crippen LogP contribution in [0.25, 0.3) is 0 Å². The van der Waals surface area contributed by atoms with Crippen molar-refractivity contribution in [1.29, 1.82) is 0 Å². The predicted octanol–water partition coefficient (Wildman–Crippen LogP) is 6.39. The fourth-order valence-corrected chi connectivity index (χ4v) is 4.59. The summed E-state index contributed by atoms with van der Waals surface area (Å²) in [5.74, 6) is -0.208. The molecule has 1 aromatic heterocycles. The van der Waals surface area contributed by atoms with E-state index in [9.17, 15) is 9.59 Å². The highest BCUT2D eigenvalue weighted by atomic mass is 35.5. The van der Waals surface area contributed by atoms with Gasteiger partial charge < -0.3 is 15.2 Å². The van der Waals surface area contributed by atoms with Crippen molar-refractivity contribution in [3.63, 3.8) is 0 Å². The van der Waals surface area contributed by atoms with Crippen LogP contribution in [0, 0.1) is 0 Å². The minimum atomic E-state index is -0.387. The maximum Gasteiger partial charge on any atom is 0.253 e. The Bertz CT molecular complexity index is 1250. The number of thioether (sulfide) groups is 1.